The first-order valence-corrected chi connectivity index (χ1v) is 8.30. The van der Waals surface area contributed by atoms with Crippen LogP contribution in [0.4, 0.5) is 0 Å². The van der Waals surface area contributed by atoms with E-state index in [1.165, 1.54) is 0 Å². The van der Waals surface area contributed by atoms with E-state index < -0.39 is 0 Å². The minimum atomic E-state index is -0.0197. The maximum Gasteiger partial charge on any atom is 0.255 e. The first kappa shape index (κ1) is 18.2. The number of amides is 1. The predicted molar refractivity (Wildman–Crippen MR) is 97.4 cm³/mol. The predicted octanol–water partition coefficient (Wildman–Crippen LogP) is 3.00. The van der Waals surface area contributed by atoms with Crippen LogP contribution in [0.2, 0.25) is 0 Å². The van der Waals surface area contributed by atoms with E-state index in [0.29, 0.717) is 18.0 Å². The Labute approximate surface area is 143 Å². The molecule has 0 bridgehead atoms. The number of carbonyl (C=O) groups is 1. The Bertz CT molecular complexity index is 728. The first-order chi connectivity index (χ1) is 11.3. The molecule has 1 amide bonds. The van der Waals surface area contributed by atoms with E-state index in [1.54, 1.807) is 12.0 Å². The fraction of sp³-hybridized carbons (Fsp3) is 0.474. The van der Waals surface area contributed by atoms with E-state index in [4.69, 9.17) is 10.5 Å². The number of pyridine rings is 1. The van der Waals surface area contributed by atoms with Crippen LogP contribution in [0.15, 0.2) is 24.3 Å². The van der Waals surface area contributed by atoms with Gasteiger partial charge in [-0.1, -0.05) is 13.8 Å². The van der Waals surface area contributed by atoms with E-state index >= 15 is 0 Å². The van der Waals surface area contributed by atoms with Gasteiger partial charge in [0.05, 0.1) is 23.9 Å². The standard InChI is InChI=1S/C19H27N3O2/c1-12(2)17(20)8-9-22(4)19(23)16-10-14-6-7-15(24-5)11-18(14)21-13(16)3/h6-7,10-12,17H,8-9,20H2,1-5H3. The summed E-state index contributed by atoms with van der Waals surface area (Å²) in [6, 6.07) is 7.68. The third-order valence-corrected chi connectivity index (χ3v) is 4.45. The molecule has 1 aromatic heterocycles. The van der Waals surface area contributed by atoms with Crippen molar-refractivity contribution in [2.24, 2.45) is 11.7 Å². The number of ether oxygens (including phenoxy) is 1. The Morgan fingerprint density at radius 2 is 2.04 bits per heavy atom. The van der Waals surface area contributed by atoms with Gasteiger partial charge in [-0.2, -0.15) is 0 Å². The van der Waals surface area contributed by atoms with Crippen LogP contribution in [0, 0.1) is 12.8 Å². The number of aromatic nitrogens is 1. The molecule has 24 heavy (non-hydrogen) atoms. The molecule has 0 aliphatic heterocycles. The summed E-state index contributed by atoms with van der Waals surface area (Å²) < 4.78 is 5.22. The largest absolute Gasteiger partial charge is 0.497 e. The summed E-state index contributed by atoms with van der Waals surface area (Å²) in [4.78, 5) is 19.0. The third-order valence-electron chi connectivity index (χ3n) is 4.45. The van der Waals surface area contributed by atoms with Crippen molar-refractivity contribution in [2.45, 2.75) is 33.2 Å². The summed E-state index contributed by atoms with van der Waals surface area (Å²) in [5, 5.41) is 0.928. The van der Waals surface area contributed by atoms with Crippen molar-refractivity contribution in [3.63, 3.8) is 0 Å². The van der Waals surface area contributed by atoms with Gasteiger partial charge in [0.2, 0.25) is 0 Å². The number of fused-ring (bicyclic) bond motifs is 1. The highest BCUT2D eigenvalue weighted by Crippen LogP contribution is 2.22. The molecule has 2 rings (SSSR count). The lowest BCUT2D eigenvalue weighted by Gasteiger charge is -2.22. The summed E-state index contributed by atoms with van der Waals surface area (Å²) in [6.45, 7) is 6.69. The van der Waals surface area contributed by atoms with E-state index in [-0.39, 0.29) is 11.9 Å². The number of hydrogen-bond acceptors (Lipinski definition) is 4. The van der Waals surface area contributed by atoms with Gasteiger partial charge in [0, 0.05) is 31.1 Å². The molecule has 1 heterocycles. The Balaban J connectivity index is 2.21. The molecule has 2 aromatic rings. The van der Waals surface area contributed by atoms with E-state index in [1.807, 2.05) is 38.2 Å². The molecular weight excluding hydrogens is 302 g/mol. The van der Waals surface area contributed by atoms with E-state index in [9.17, 15) is 4.79 Å². The minimum absolute atomic E-state index is 0.0197. The number of nitrogens with zero attached hydrogens (tertiary/aromatic N) is 2. The van der Waals surface area contributed by atoms with Gasteiger partial charge in [0.1, 0.15) is 5.75 Å². The zero-order valence-corrected chi connectivity index (χ0v) is 15.2. The van der Waals surface area contributed by atoms with Crippen LogP contribution in [0.25, 0.3) is 10.9 Å². The van der Waals surface area contributed by atoms with Crippen LogP contribution >= 0.6 is 0 Å². The molecular formula is C19H27N3O2. The van der Waals surface area contributed by atoms with Crippen molar-refractivity contribution in [1.82, 2.24) is 9.88 Å². The van der Waals surface area contributed by atoms with Gasteiger partial charge in [0.15, 0.2) is 0 Å². The van der Waals surface area contributed by atoms with Crippen LogP contribution in [-0.2, 0) is 0 Å². The molecule has 1 atom stereocenters. The zero-order chi connectivity index (χ0) is 17.9. The number of hydrogen-bond donors (Lipinski definition) is 1. The lowest BCUT2D eigenvalue weighted by molar-refractivity contribution is 0.0788. The lowest BCUT2D eigenvalue weighted by atomic mass is 10.0. The second-order valence-electron chi connectivity index (χ2n) is 6.60. The molecule has 0 radical (unpaired) electrons. The SMILES string of the molecule is COc1ccc2cc(C(=O)N(C)CCC(N)C(C)C)c(C)nc2c1. The number of carbonyl (C=O) groups excluding carboxylic acids is 1. The Morgan fingerprint density at radius 3 is 2.67 bits per heavy atom. The fourth-order valence-electron chi connectivity index (χ4n) is 2.57. The van der Waals surface area contributed by atoms with Gasteiger partial charge in [-0.25, -0.2) is 0 Å². The minimum Gasteiger partial charge on any atom is -0.497 e. The molecule has 0 fully saturated rings. The number of rotatable bonds is 6. The van der Waals surface area contributed by atoms with Gasteiger partial charge >= 0.3 is 0 Å². The highest BCUT2D eigenvalue weighted by Gasteiger charge is 2.17. The topological polar surface area (TPSA) is 68.5 Å². The molecule has 5 nitrogen and oxygen atoms in total. The summed E-state index contributed by atoms with van der Waals surface area (Å²) in [5.74, 6) is 1.15. The molecule has 5 heteroatoms. The number of nitrogens with two attached hydrogens (primary N) is 1. The van der Waals surface area contributed by atoms with Crippen molar-refractivity contribution in [3.8, 4) is 5.75 Å². The van der Waals surface area contributed by atoms with Gasteiger partial charge in [0.25, 0.3) is 5.91 Å². The van der Waals surface area contributed by atoms with Gasteiger partial charge in [-0.15, -0.1) is 0 Å². The molecule has 2 N–H and O–H groups in total. The third kappa shape index (κ3) is 4.03. The highest BCUT2D eigenvalue weighted by atomic mass is 16.5. The van der Waals surface area contributed by atoms with Crippen molar-refractivity contribution < 1.29 is 9.53 Å². The van der Waals surface area contributed by atoms with Crippen LogP contribution in [0.1, 0.15) is 36.3 Å². The maximum absolute atomic E-state index is 12.7. The van der Waals surface area contributed by atoms with Gasteiger partial charge in [-0.3, -0.25) is 9.78 Å². The number of methoxy groups -OCH3 is 1. The monoisotopic (exact) mass is 329 g/mol. The first-order valence-electron chi connectivity index (χ1n) is 8.30. The Morgan fingerprint density at radius 1 is 1.33 bits per heavy atom. The molecule has 0 spiro atoms. The smallest absolute Gasteiger partial charge is 0.255 e. The summed E-state index contributed by atoms with van der Waals surface area (Å²) in [5.41, 5.74) is 8.26. The van der Waals surface area contributed by atoms with Crippen LogP contribution < -0.4 is 10.5 Å². The average molecular weight is 329 g/mol. The normalized spacial score (nSPS) is 12.5. The molecule has 1 unspecified atom stereocenters. The summed E-state index contributed by atoms with van der Waals surface area (Å²) >= 11 is 0. The van der Waals surface area contributed by atoms with Crippen molar-refractivity contribution in [3.05, 3.63) is 35.5 Å². The second kappa shape index (κ2) is 7.62. The van der Waals surface area contributed by atoms with Crippen LogP contribution in [-0.4, -0.2) is 42.5 Å². The lowest BCUT2D eigenvalue weighted by Crippen LogP contribution is -2.35. The van der Waals surface area contributed by atoms with Crippen molar-refractivity contribution >= 4 is 16.8 Å². The van der Waals surface area contributed by atoms with E-state index in [2.05, 4.69) is 18.8 Å². The van der Waals surface area contributed by atoms with Crippen molar-refractivity contribution in [2.75, 3.05) is 20.7 Å². The molecule has 0 aliphatic rings. The molecule has 0 aliphatic carbocycles. The maximum atomic E-state index is 12.7. The molecule has 0 saturated heterocycles. The second-order valence-corrected chi connectivity index (χ2v) is 6.60. The quantitative estimate of drug-likeness (QED) is 0.884. The summed E-state index contributed by atoms with van der Waals surface area (Å²) in [6.07, 6.45) is 0.789. The van der Waals surface area contributed by atoms with Crippen molar-refractivity contribution in [1.29, 1.82) is 0 Å². The number of aryl methyl sites for hydroxylation is 1. The van der Waals surface area contributed by atoms with Crippen LogP contribution in [0.3, 0.4) is 0 Å². The van der Waals surface area contributed by atoms with E-state index in [0.717, 1.165) is 28.8 Å². The zero-order valence-electron chi connectivity index (χ0n) is 15.2. The molecule has 1 aromatic carbocycles. The highest BCUT2D eigenvalue weighted by molar-refractivity contribution is 5.98. The fourth-order valence-corrected chi connectivity index (χ4v) is 2.57. The Kier molecular flexibility index (Phi) is 5.78. The van der Waals surface area contributed by atoms with Crippen LogP contribution in [0.5, 0.6) is 5.75 Å². The Hall–Kier alpha value is -2.14. The molecule has 130 valence electrons. The molecule has 0 saturated carbocycles. The summed E-state index contributed by atoms with van der Waals surface area (Å²) in [7, 11) is 3.44. The number of benzene rings is 1. The average Bonchev–Trinajstić information content (AvgIpc) is 2.57. The van der Waals surface area contributed by atoms with Gasteiger partial charge < -0.3 is 15.4 Å². The van der Waals surface area contributed by atoms with Gasteiger partial charge in [-0.05, 0) is 37.5 Å².